The van der Waals surface area contributed by atoms with E-state index < -0.39 is 0 Å². The predicted octanol–water partition coefficient (Wildman–Crippen LogP) is 5.00. The third-order valence-corrected chi connectivity index (χ3v) is 8.02. The van der Waals surface area contributed by atoms with Crippen LogP contribution in [0.1, 0.15) is 48.2 Å². The van der Waals surface area contributed by atoms with E-state index in [4.69, 9.17) is 0 Å². The Hall–Kier alpha value is -0.940. The molecule has 4 heteroatoms. The van der Waals surface area contributed by atoms with Gasteiger partial charge >= 0.3 is 0 Å². The highest BCUT2D eigenvalue weighted by Crippen LogP contribution is 2.39. The zero-order valence-corrected chi connectivity index (χ0v) is 18.6. The van der Waals surface area contributed by atoms with Crippen LogP contribution in [-0.4, -0.2) is 35.1 Å². The predicted molar refractivity (Wildman–Crippen MR) is 126 cm³/mol. The second kappa shape index (κ2) is 9.71. The van der Waals surface area contributed by atoms with Crippen molar-refractivity contribution in [3.8, 4) is 0 Å². The summed E-state index contributed by atoms with van der Waals surface area (Å²) in [5.41, 5.74) is 6.02. The number of hydrogen-bond acceptors (Lipinski definition) is 4. The molecule has 0 amide bonds. The van der Waals surface area contributed by atoms with E-state index in [-0.39, 0.29) is 0 Å². The molecular formula is C24H32N2S2. The fourth-order valence-corrected chi connectivity index (χ4v) is 6.14. The molecule has 150 valence electrons. The van der Waals surface area contributed by atoms with Crippen LogP contribution in [0, 0.1) is 0 Å². The third-order valence-electron chi connectivity index (χ3n) is 5.92. The SMILES string of the molecule is CCSC[C@@H]1Cc2ccccc2[C@@H]([C@H]2N[C@H](CSCC)Cc3ccccc32)N1. The molecule has 4 rings (SSSR count). The van der Waals surface area contributed by atoms with Crippen molar-refractivity contribution >= 4 is 23.5 Å². The third kappa shape index (κ3) is 4.46. The molecule has 2 heterocycles. The van der Waals surface area contributed by atoms with Gasteiger partial charge in [0.05, 0.1) is 12.1 Å². The van der Waals surface area contributed by atoms with Gasteiger partial charge in [-0.3, -0.25) is 0 Å². The Balaban J connectivity index is 1.67. The zero-order chi connectivity index (χ0) is 19.3. The first kappa shape index (κ1) is 20.3. The average Bonchev–Trinajstić information content (AvgIpc) is 2.75. The summed E-state index contributed by atoms with van der Waals surface area (Å²) in [5, 5.41) is 8.08. The molecule has 0 saturated heterocycles. The van der Waals surface area contributed by atoms with Gasteiger partial charge < -0.3 is 10.6 Å². The molecule has 0 aromatic heterocycles. The molecule has 0 fully saturated rings. The van der Waals surface area contributed by atoms with Crippen LogP contribution in [0.5, 0.6) is 0 Å². The molecule has 0 spiro atoms. The first-order valence-corrected chi connectivity index (χ1v) is 12.9. The molecule has 0 radical (unpaired) electrons. The van der Waals surface area contributed by atoms with Gasteiger partial charge in [0.1, 0.15) is 0 Å². The molecule has 0 saturated carbocycles. The highest BCUT2D eigenvalue weighted by atomic mass is 32.2. The number of benzene rings is 2. The van der Waals surface area contributed by atoms with Crippen molar-refractivity contribution in [3.05, 3.63) is 70.8 Å². The van der Waals surface area contributed by atoms with E-state index in [0.29, 0.717) is 24.2 Å². The fraction of sp³-hybridized carbons (Fsp3) is 0.500. The second-order valence-electron chi connectivity index (χ2n) is 7.81. The maximum absolute atomic E-state index is 4.04. The topological polar surface area (TPSA) is 24.1 Å². The van der Waals surface area contributed by atoms with Crippen molar-refractivity contribution in [2.24, 2.45) is 0 Å². The van der Waals surface area contributed by atoms with Crippen LogP contribution in [0.2, 0.25) is 0 Å². The number of rotatable bonds is 7. The van der Waals surface area contributed by atoms with Crippen LogP contribution in [0.3, 0.4) is 0 Å². The number of nitrogens with one attached hydrogen (secondary N) is 2. The summed E-state index contributed by atoms with van der Waals surface area (Å²) < 4.78 is 0. The summed E-state index contributed by atoms with van der Waals surface area (Å²) in [5.74, 6) is 4.74. The highest BCUT2D eigenvalue weighted by molar-refractivity contribution is 7.99. The van der Waals surface area contributed by atoms with Gasteiger partial charge in [0.15, 0.2) is 0 Å². The van der Waals surface area contributed by atoms with Crippen molar-refractivity contribution < 1.29 is 0 Å². The summed E-state index contributed by atoms with van der Waals surface area (Å²) >= 11 is 4.10. The minimum Gasteiger partial charge on any atom is -0.304 e. The second-order valence-corrected chi connectivity index (χ2v) is 10.4. The molecule has 2 aliphatic rings. The van der Waals surface area contributed by atoms with Crippen LogP contribution >= 0.6 is 23.5 Å². The normalized spacial score (nSPS) is 26.5. The van der Waals surface area contributed by atoms with Gasteiger partial charge in [-0.2, -0.15) is 23.5 Å². The summed E-state index contributed by atoms with van der Waals surface area (Å²) in [7, 11) is 0. The molecule has 0 aliphatic carbocycles. The van der Waals surface area contributed by atoms with Crippen LogP contribution in [0.4, 0.5) is 0 Å². The Kier molecular flexibility index (Phi) is 7.05. The summed E-state index contributed by atoms with van der Waals surface area (Å²) in [6, 6.07) is 19.9. The van der Waals surface area contributed by atoms with Gasteiger partial charge in [-0.05, 0) is 46.6 Å². The van der Waals surface area contributed by atoms with Gasteiger partial charge in [-0.25, -0.2) is 0 Å². The Labute approximate surface area is 178 Å². The van der Waals surface area contributed by atoms with Crippen LogP contribution in [0.15, 0.2) is 48.5 Å². The van der Waals surface area contributed by atoms with Crippen molar-refractivity contribution in [2.75, 3.05) is 23.0 Å². The van der Waals surface area contributed by atoms with E-state index in [9.17, 15) is 0 Å². The monoisotopic (exact) mass is 412 g/mol. The molecule has 4 atom stereocenters. The van der Waals surface area contributed by atoms with E-state index in [2.05, 4.69) is 73.0 Å². The average molecular weight is 413 g/mol. The van der Waals surface area contributed by atoms with Crippen LogP contribution in [0.25, 0.3) is 0 Å². The van der Waals surface area contributed by atoms with Gasteiger partial charge in [0.2, 0.25) is 0 Å². The minimum atomic E-state index is 0.336. The molecule has 0 unspecified atom stereocenters. The van der Waals surface area contributed by atoms with Crippen LogP contribution in [-0.2, 0) is 12.8 Å². The van der Waals surface area contributed by atoms with E-state index in [0.717, 1.165) is 12.8 Å². The first-order valence-electron chi connectivity index (χ1n) is 10.6. The van der Waals surface area contributed by atoms with E-state index >= 15 is 0 Å². The maximum Gasteiger partial charge on any atom is 0.0523 e. The number of thioether (sulfide) groups is 2. The number of fused-ring (bicyclic) bond motifs is 2. The van der Waals surface area contributed by atoms with Crippen molar-refractivity contribution in [2.45, 2.75) is 50.9 Å². The molecular weight excluding hydrogens is 380 g/mol. The Morgan fingerprint density at radius 2 is 1.14 bits per heavy atom. The van der Waals surface area contributed by atoms with Gasteiger partial charge in [-0.15, -0.1) is 0 Å². The molecule has 2 aliphatic heterocycles. The Bertz CT molecular complexity index is 713. The molecule has 2 aromatic carbocycles. The summed E-state index contributed by atoms with van der Waals surface area (Å²) in [4.78, 5) is 0. The van der Waals surface area contributed by atoms with E-state index in [1.165, 1.54) is 45.3 Å². The number of hydrogen-bond donors (Lipinski definition) is 2. The summed E-state index contributed by atoms with van der Waals surface area (Å²) in [6.07, 6.45) is 2.28. The highest BCUT2D eigenvalue weighted by Gasteiger charge is 2.36. The van der Waals surface area contributed by atoms with Crippen LogP contribution < -0.4 is 10.6 Å². The zero-order valence-electron chi connectivity index (χ0n) is 17.0. The lowest BCUT2D eigenvalue weighted by molar-refractivity contribution is 0.301. The van der Waals surface area contributed by atoms with Gasteiger partial charge in [0.25, 0.3) is 0 Å². The van der Waals surface area contributed by atoms with Crippen molar-refractivity contribution in [1.29, 1.82) is 0 Å². The van der Waals surface area contributed by atoms with Crippen molar-refractivity contribution in [3.63, 3.8) is 0 Å². The Morgan fingerprint density at radius 1 is 0.714 bits per heavy atom. The minimum absolute atomic E-state index is 0.336. The molecule has 2 N–H and O–H groups in total. The smallest absolute Gasteiger partial charge is 0.0523 e. The van der Waals surface area contributed by atoms with E-state index in [1.807, 2.05) is 23.5 Å². The van der Waals surface area contributed by atoms with Gasteiger partial charge in [0, 0.05) is 23.6 Å². The lowest BCUT2D eigenvalue weighted by Crippen LogP contribution is -2.51. The summed E-state index contributed by atoms with van der Waals surface area (Å²) in [6.45, 7) is 4.52. The standard InChI is InChI=1S/C24H32N2S2/c1-3-27-15-19-13-17-9-5-7-11-21(17)23(25-19)24-22-12-8-6-10-18(22)14-20(26-24)16-28-4-2/h5-12,19-20,23-26H,3-4,13-16H2,1-2H3/t19-,20-,23-,24-/m0/s1. The lowest BCUT2D eigenvalue weighted by atomic mass is 9.80. The molecule has 28 heavy (non-hydrogen) atoms. The molecule has 2 nitrogen and oxygen atoms in total. The first-order chi connectivity index (χ1) is 13.8. The fourth-order valence-electron chi connectivity index (χ4n) is 4.67. The van der Waals surface area contributed by atoms with E-state index in [1.54, 1.807) is 0 Å². The Morgan fingerprint density at radius 3 is 1.57 bits per heavy atom. The molecule has 0 bridgehead atoms. The quantitative estimate of drug-likeness (QED) is 0.668. The maximum atomic E-state index is 4.04. The molecule has 2 aromatic rings. The van der Waals surface area contributed by atoms with Gasteiger partial charge in [-0.1, -0.05) is 62.4 Å². The van der Waals surface area contributed by atoms with Crippen molar-refractivity contribution in [1.82, 2.24) is 10.6 Å². The lowest BCUT2D eigenvalue weighted by Gasteiger charge is -2.42. The largest absolute Gasteiger partial charge is 0.304 e.